The summed E-state index contributed by atoms with van der Waals surface area (Å²) in [6, 6.07) is 7.89. The van der Waals surface area contributed by atoms with E-state index in [2.05, 4.69) is 25.6 Å². The van der Waals surface area contributed by atoms with Gasteiger partial charge in [0.2, 0.25) is 11.8 Å². The number of aliphatic carboxylic acids is 1. The van der Waals surface area contributed by atoms with Crippen molar-refractivity contribution in [2.24, 2.45) is 0 Å². The highest BCUT2D eigenvalue weighted by Gasteiger charge is 2.10. The maximum atomic E-state index is 11.6. The van der Waals surface area contributed by atoms with Crippen LogP contribution < -0.4 is 21.1 Å². The zero-order chi connectivity index (χ0) is 18.5. The molecule has 0 spiro atoms. The molecule has 0 unspecified atom stereocenters. The molecule has 0 aliphatic carbocycles. The highest BCUT2D eigenvalue weighted by Crippen LogP contribution is 2.28. The van der Waals surface area contributed by atoms with Crippen LogP contribution in [0, 0.1) is 0 Å². The van der Waals surface area contributed by atoms with Gasteiger partial charge in [-0.15, -0.1) is 0 Å². The number of hydrogen-bond acceptors (Lipinski definition) is 6. The Balaban J connectivity index is 1.63. The minimum atomic E-state index is -0.978. The molecule has 0 aliphatic heterocycles. The molecule has 10 nitrogen and oxygen atoms in total. The van der Waals surface area contributed by atoms with Gasteiger partial charge in [0, 0.05) is 18.4 Å². The van der Waals surface area contributed by atoms with E-state index >= 15 is 0 Å². The number of H-pyrrole nitrogens is 1. The molecule has 134 valence electrons. The van der Waals surface area contributed by atoms with Crippen LogP contribution in [0.15, 0.2) is 36.5 Å². The average Bonchev–Trinajstić information content (AvgIpc) is 3.04. The van der Waals surface area contributed by atoms with Gasteiger partial charge in [0.25, 0.3) is 0 Å². The molecule has 3 aromatic rings. The molecular weight excluding hydrogens is 340 g/mol. The van der Waals surface area contributed by atoms with Gasteiger partial charge in [-0.3, -0.25) is 4.79 Å². The lowest BCUT2D eigenvalue weighted by Crippen LogP contribution is -2.30. The standard InChI is InChI=1S/C16H16N6O4/c17-15-21-13-11(5-7-18-13)14(22-15)26-10-3-1-9(2-4-10)20-16(25)19-8-6-12(23)24/h1-5,7H,6,8H2,(H,23,24)(H2,19,20,25)(H3,17,18,21,22). The number of amides is 2. The van der Waals surface area contributed by atoms with Crippen LogP contribution in [0.5, 0.6) is 11.6 Å². The van der Waals surface area contributed by atoms with Gasteiger partial charge in [-0.1, -0.05) is 0 Å². The Kier molecular flexibility index (Phi) is 4.83. The summed E-state index contributed by atoms with van der Waals surface area (Å²) in [5.74, 6) is -0.0664. The molecule has 2 amide bonds. The molecular formula is C16H16N6O4. The van der Waals surface area contributed by atoms with Crippen molar-refractivity contribution in [1.29, 1.82) is 0 Å². The number of nitrogens with two attached hydrogens (primary N) is 1. The number of carboxylic acids is 1. The molecule has 0 bridgehead atoms. The zero-order valence-corrected chi connectivity index (χ0v) is 13.5. The summed E-state index contributed by atoms with van der Waals surface area (Å²) in [6.07, 6.45) is 1.57. The van der Waals surface area contributed by atoms with Crippen molar-refractivity contribution in [1.82, 2.24) is 20.3 Å². The first-order valence-corrected chi connectivity index (χ1v) is 7.66. The lowest BCUT2D eigenvalue weighted by Gasteiger charge is -2.09. The van der Waals surface area contributed by atoms with Crippen LogP contribution >= 0.6 is 0 Å². The molecule has 0 aliphatic rings. The largest absolute Gasteiger partial charge is 0.481 e. The van der Waals surface area contributed by atoms with Gasteiger partial charge in [0.05, 0.1) is 11.8 Å². The highest BCUT2D eigenvalue weighted by atomic mass is 16.5. The Labute approximate surface area is 147 Å². The summed E-state index contributed by atoms with van der Waals surface area (Å²) in [4.78, 5) is 33.1. The highest BCUT2D eigenvalue weighted by molar-refractivity contribution is 5.89. The van der Waals surface area contributed by atoms with Gasteiger partial charge in [-0.25, -0.2) is 4.79 Å². The molecule has 1 aromatic carbocycles. The molecule has 2 heterocycles. The summed E-state index contributed by atoms with van der Waals surface area (Å²) in [6.45, 7) is 0.0458. The van der Waals surface area contributed by atoms with E-state index in [0.29, 0.717) is 28.4 Å². The third kappa shape index (κ3) is 4.17. The smallest absolute Gasteiger partial charge is 0.319 e. The molecule has 0 fully saturated rings. The first-order valence-electron chi connectivity index (χ1n) is 7.66. The molecule has 0 saturated heterocycles. The number of nitrogens with one attached hydrogen (secondary N) is 3. The van der Waals surface area contributed by atoms with E-state index in [-0.39, 0.29) is 18.9 Å². The maximum Gasteiger partial charge on any atom is 0.319 e. The normalized spacial score (nSPS) is 10.5. The Morgan fingerprint density at radius 3 is 2.69 bits per heavy atom. The number of benzene rings is 1. The van der Waals surface area contributed by atoms with Crippen LogP contribution in [-0.2, 0) is 4.79 Å². The Morgan fingerprint density at radius 1 is 1.19 bits per heavy atom. The average molecular weight is 356 g/mol. The number of carbonyl (C=O) groups is 2. The lowest BCUT2D eigenvalue weighted by molar-refractivity contribution is -0.136. The Morgan fingerprint density at radius 2 is 1.96 bits per heavy atom. The number of fused-ring (bicyclic) bond motifs is 1. The predicted molar refractivity (Wildman–Crippen MR) is 94.1 cm³/mol. The second-order valence-electron chi connectivity index (χ2n) is 5.28. The van der Waals surface area contributed by atoms with E-state index in [9.17, 15) is 9.59 Å². The summed E-state index contributed by atoms with van der Waals surface area (Å²) in [5.41, 5.74) is 6.76. The fourth-order valence-corrected chi connectivity index (χ4v) is 2.18. The topological polar surface area (TPSA) is 155 Å². The van der Waals surface area contributed by atoms with Crippen LogP contribution in [0.3, 0.4) is 0 Å². The predicted octanol–water partition coefficient (Wildman–Crippen LogP) is 1.93. The van der Waals surface area contributed by atoms with E-state index in [4.69, 9.17) is 15.6 Å². The van der Waals surface area contributed by atoms with Crippen LogP contribution in [0.4, 0.5) is 16.4 Å². The number of nitrogens with zero attached hydrogens (tertiary/aromatic N) is 2. The van der Waals surface area contributed by atoms with Crippen molar-refractivity contribution in [3.8, 4) is 11.6 Å². The van der Waals surface area contributed by atoms with E-state index in [1.165, 1.54) is 0 Å². The third-order valence-corrected chi connectivity index (χ3v) is 3.35. The number of ether oxygens (including phenoxy) is 1. The Hall–Kier alpha value is -3.82. The minimum Gasteiger partial charge on any atom is -0.481 e. The third-order valence-electron chi connectivity index (χ3n) is 3.35. The van der Waals surface area contributed by atoms with Crippen molar-refractivity contribution in [2.75, 3.05) is 17.6 Å². The number of aromatic amines is 1. The number of nitrogen functional groups attached to an aromatic ring is 1. The second kappa shape index (κ2) is 7.38. The fourth-order valence-electron chi connectivity index (χ4n) is 2.18. The van der Waals surface area contributed by atoms with E-state index < -0.39 is 12.0 Å². The lowest BCUT2D eigenvalue weighted by atomic mass is 10.3. The van der Waals surface area contributed by atoms with Crippen molar-refractivity contribution < 1.29 is 19.4 Å². The summed E-state index contributed by atoms with van der Waals surface area (Å²) < 4.78 is 5.74. The number of urea groups is 1. The van der Waals surface area contributed by atoms with Gasteiger partial charge in [-0.2, -0.15) is 9.97 Å². The number of rotatable bonds is 6. The van der Waals surface area contributed by atoms with Gasteiger partial charge >= 0.3 is 12.0 Å². The molecule has 26 heavy (non-hydrogen) atoms. The summed E-state index contributed by atoms with van der Waals surface area (Å²) >= 11 is 0. The first-order chi connectivity index (χ1) is 12.5. The molecule has 10 heteroatoms. The molecule has 0 radical (unpaired) electrons. The number of hydrogen-bond donors (Lipinski definition) is 5. The number of carboxylic acid groups (broad SMARTS) is 1. The molecule has 3 rings (SSSR count). The van der Waals surface area contributed by atoms with Crippen molar-refractivity contribution in [2.45, 2.75) is 6.42 Å². The fraction of sp³-hybridized carbons (Fsp3) is 0.125. The zero-order valence-electron chi connectivity index (χ0n) is 13.5. The summed E-state index contributed by atoms with van der Waals surface area (Å²) in [7, 11) is 0. The minimum absolute atomic E-state index is 0.0458. The molecule has 0 atom stereocenters. The van der Waals surface area contributed by atoms with Crippen molar-refractivity contribution in [3.63, 3.8) is 0 Å². The van der Waals surface area contributed by atoms with Crippen LogP contribution in [0.2, 0.25) is 0 Å². The maximum absolute atomic E-state index is 11.6. The SMILES string of the molecule is Nc1nc(Oc2ccc(NC(=O)NCCC(=O)O)cc2)c2cc[nH]c2n1. The first kappa shape index (κ1) is 17.0. The quantitative estimate of drug-likeness (QED) is 0.452. The van der Waals surface area contributed by atoms with Crippen molar-refractivity contribution >= 4 is 34.7 Å². The Bertz CT molecular complexity index is 938. The van der Waals surface area contributed by atoms with E-state index in [1.807, 2.05) is 0 Å². The molecule has 2 aromatic heterocycles. The van der Waals surface area contributed by atoms with Crippen molar-refractivity contribution in [3.05, 3.63) is 36.5 Å². The summed E-state index contributed by atoms with van der Waals surface area (Å²) in [5, 5.41) is 14.3. The number of carbonyl (C=O) groups excluding carboxylic acids is 1. The number of aromatic nitrogens is 3. The molecule has 0 saturated carbocycles. The van der Waals surface area contributed by atoms with Crippen LogP contribution in [-0.4, -0.2) is 38.6 Å². The monoisotopic (exact) mass is 356 g/mol. The van der Waals surface area contributed by atoms with E-state index in [1.54, 1.807) is 36.5 Å². The van der Waals surface area contributed by atoms with Crippen LogP contribution in [0.1, 0.15) is 6.42 Å². The van der Waals surface area contributed by atoms with E-state index in [0.717, 1.165) is 0 Å². The second-order valence-corrected chi connectivity index (χ2v) is 5.28. The van der Waals surface area contributed by atoms with Gasteiger partial charge in [0.1, 0.15) is 11.4 Å². The van der Waals surface area contributed by atoms with Crippen LogP contribution in [0.25, 0.3) is 11.0 Å². The number of anilines is 2. The van der Waals surface area contributed by atoms with Gasteiger partial charge in [-0.05, 0) is 30.3 Å². The van der Waals surface area contributed by atoms with Gasteiger partial charge < -0.3 is 31.2 Å². The molecule has 6 N–H and O–H groups in total. The van der Waals surface area contributed by atoms with Gasteiger partial charge in [0.15, 0.2) is 0 Å².